The van der Waals surface area contributed by atoms with Crippen LogP contribution in [0.15, 0.2) is 120 Å². The van der Waals surface area contributed by atoms with E-state index in [1.165, 1.54) is 11.8 Å². The summed E-state index contributed by atoms with van der Waals surface area (Å²) < 4.78 is 1.86. The van der Waals surface area contributed by atoms with Gasteiger partial charge < -0.3 is 15.0 Å². The Hall–Kier alpha value is -4.36. The first-order valence-electron chi connectivity index (χ1n) is 15.0. The van der Waals surface area contributed by atoms with E-state index in [1.54, 1.807) is 0 Å². The number of carbonyl (C=O) groups is 2. The molecule has 0 aliphatic heterocycles. The second kappa shape index (κ2) is 13.5. The van der Waals surface area contributed by atoms with Crippen LogP contribution < -0.4 is 5.32 Å². The lowest BCUT2D eigenvalue weighted by Crippen LogP contribution is -2.47. The molecule has 0 aliphatic rings. The summed E-state index contributed by atoms with van der Waals surface area (Å²) in [6.07, 6.45) is 1.22. The molecule has 0 radical (unpaired) electrons. The Morgan fingerprint density at radius 2 is 1.36 bits per heavy atom. The molecule has 6 nitrogen and oxygen atoms in total. The van der Waals surface area contributed by atoms with Gasteiger partial charge in [-0.3, -0.25) is 4.79 Å². The molecule has 0 saturated heterocycles. The number of benzene rings is 4. The van der Waals surface area contributed by atoms with E-state index in [1.807, 2.05) is 128 Å². The van der Waals surface area contributed by atoms with Gasteiger partial charge in [0.2, 0.25) is 5.91 Å². The summed E-state index contributed by atoms with van der Waals surface area (Å²) in [4.78, 5) is 31.6. The summed E-state index contributed by atoms with van der Waals surface area (Å²) in [6.45, 7) is 6.28. The topological polar surface area (TPSA) is 84.2 Å². The van der Waals surface area contributed by atoms with Crippen molar-refractivity contribution >= 4 is 34.7 Å². The maximum absolute atomic E-state index is 14.4. The molecule has 44 heavy (non-hydrogen) atoms. The third-order valence-electron chi connectivity index (χ3n) is 7.95. The summed E-state index contributed by atoms with van der Waals surface area (Å²) >= 11 is 1.53. The Labute approximate surface area is 263 Å². The van der Waals surface area contributed by atoms with E-state index in [0.29, 0.717) is 30.3 Å². The van der Waals surface area contributed by atoms with Gasteiger partial charge >= 0.3 is 5.97 Å². The number of thioether (sulfide) groups is 1. The number of carboxylic acid groups (broad SMARTS) is 1. The number of aliphatic carboxylic acids is 1. The Kier molecular flexibility index (Phi) is 9.55. The fourth-order valence-electron chi connectivity index (χ4n) is 5.89. The van der Waals surface area contributed by atoms with E-state index >= 15 is 0 Å². The monoisotopic (exact) mass is 605 g/mol. The minimum Gasteiger partial charge on any atom is -0.480 e. The van der Waals surface area contributed by atoms with Gasteiger partial charge in [0.1, 0.15) is 11.5 Å². The number of imidazole rings is 1. The molecule has 1 atom stereocenters. The highest BCUT2D eigenvalue weighted by Crippen LogP contribution is 2.38. The standard InChI is InChI=1S/C37H39N3O3S/c1-36(2,3)32(33(41)42)40-31-23-14-13-22-30(31)39-35(40)44-25-15-24-38-34(43)37(28-18-9-5-10-19-28,29-20-11-6-12-21-29)26-27-16-7-4-8-17-27/h4-14,16-23,32H,15,24-26H2,1-3H3,(H,38,43)(H,41,42). The van der Waals surface area contributed by atoms with Crippen molar-refractivity contribution in [3.63, 3.8) is 0 Å². The molecule has 7 heteroatoms. The molecule has 1 aromatic heterocycles. The van der Waals surface area contributed by atoms with Crippen LogP contribution in [0.2, 0.25) is 0 Å². The summed E-state index contributed by atoms with van der Waals surface area (Å²) in [7, 11) is 0. The van der Waals surface area contributed by atoms with Crippen molar-refractivity contribution in [2.24, 2.45) is 5.41 Å². The SMILES string of the molecule is CC(C)(C)C(C(=O)O)n1c(SCCCNC(=O)C(Cc2ccccc2)(c2ccccc2)c2ccccc2)nc2ccccc21. The molecule has 1 heterocycles. The fourth-order valence-corrected chi connectivity index (χ4v) is 6.87. The molecule has 5 rings (SSSR count). The van der Waals surface area contributed by atoms with Gasteiger partial charge in [-0.1, -0.05) is 136 Å². The molecule has 5 aromatic rings. The average molecular weight is 606 g/mol. The zero-order valence-electron chi connectivity index (χ0n) is 25.4. The molecule has 1 unspecified atom stereocenters. The van der Waals surface area contributed by atoms with Crippen molar-refractivity contribution in [1.29, 1.82) is 0 Å². The van der Waals surface area contributed by atoms with E-state index < -0.39 is 22.8 Å². The number of rotatable bonds is 12. The van der Waals surface area contributed by atoms with Gasteiger partial charge in [0.05, 0.1) is 11.0 Å². The van der Waals surface area contributed by atoms with E-state index in [-0.39, 0.29) is 5.91 Å². The van der Waals surface area contributed by atoms with Crippen LogP contribution in [0.25, 0.3) is 11.0 Å². The van der Waals surface area contributed by atoms with Crippen molar-refractivity contribution in [3.05, 3.63) is 132 Å². The van der Waals surface area contributed by atoms with Gasteiger partial charge in [-0.2, -0.15) is 0 Å². The molecule has 0 bridgehead atoms. The summed E-state index contributed by atoms with van der Waals surface area (Å²) in [5.41, 5.74) is 3.12. The Bertz CT molecular complexity index is 1660. The number of amides is 1. The smallest absolute Gasteiger partial charge is 0.327 e. The molecule has 0 saturated carbocycles. The van der Waals surface area contributed by atoms with Gasteiger partial charge in [-0.05, 0) is 47.1 Å². The van der Waals surface area contributed by atoms with Crippen molar-refractivity contribution in [1.82, 2.24) is 14.9 Å². The van der Waals surface area contributed by atoms with Crippen LogP contribution in [0.1, 0.15) is 49.9 Å². The van der Waals surface area contributed by atoms with E-state index in [9.17, 15) is 14.7 Å². The third kappa shape index (κ3) is 6.58. The number of nitrogens with one attached hydrogen (secondary N) is 1. The van der Waals surface area contributed by atoms with Crippen molar-refractivity contribution < 1.29 is 14.7 Å². The maximum Gasteiger partial charge on any atom is 0.327 e. The zero-order chi connectivity index (χ0) is 31.2. The predicted octanol–water partition coefficient (Wildman–Crippen LogP) is 7.54. The van der Waals surface area contributed by atoms with Crippen LogP contribution in [0.5, 0.6) is 0 Å². The van der Waals surface area contributed by atoms with Gasteiger partial charge in [0.15, 0.2) is 5.16 Å². The molecule has 226 valence electrons. The van der Waals surface area contributed by atoms with Crippen LogP contribution in [0.4, 0.5) is 0 Å². The van der Waals surface area contributed by atoms with E-state index in [0.717, 1.165) is 27.7 Å². The van der Waals surface area contributed by atoms with Gasteiger partial charge in [-0.25, -0.2) is 9.78 Å². The molecule has 4 aromatic carbocycles. The van der Waals surface area contributed by atoms with Crippen LogP contribution in [-0.2, 0) is 21.4 Å². The molecule has 0 fully saturated rings. The minimum atomic E-state index is -0.910. The molecule has 2 N–H and O–H groups in total. The molecule has 0 aliphatic carbocycles. The lowest BCUT2D eigenvalue weighted by Gasteiger charge is -2.34. The minimum absolute atomic E-state index is 0.0466. The second-order valence-electron chi connectivity index (χ2n) is 12.1. The predicted molar refractivity (Wildman–Crippen MR) is 178 cm³/mol. The van der Waals surface area contributed by atoms with Gasteiger partial charge in [-0.15, -0.1) is 0 Å². The third-order valence-corrected chi connectivity index (χ3v) is 8.99. The highest BCUT2D eigenvalue weighted by atomic mass is 32.2. The molecule has 0 spiro atoms. The first-order chi connectivity index (χ1) is 21.2. The highest BCUT2D eigenvalue weighted by molar-refractivity contribution is 7.99. The Balaban J connectivity index is 1.37. The van der Waals surface area contributed by atoms with Crippen LogP contribution in [0, 0.1) is 5.41 Å². The van der Waals surface area contributed by atoms with Gasteiger partial charge in [0.25, 0.3) is 0 Å². The lowest BCUT2D eigenvalue weighted by molar-refractivity contribution is -0.144. The maximum atomic E-state index is 14.4. The first-order valence-corrected chi connectivity index (χ1v) is 16.0. The largest absolute Gasteiger partial charge is 0.480 e. The first kappa shape index (κ1) is 31.1. The Morgan fingerprint density at radius 1 is 0.818 bits per heavy atom. The van der Waals surface area contributed by atoms with Crippen molar-refractivity contribution in [3.8, 4) is 0 Å². The lowest BCUT2D eigenvalue weighted by atomic mass is 9.69. The number of fused-ring (bicyclic) bond motifs is 1. The number of nitrogens with zero attached hydrogens (tertiary/aromatic N) is 2. The zero-order valence-corrected chi connectivity index (χ0v) is 26.3. The van der Waals surface area contributed by atoms with E-state index in [4.69, 9.17) is 4.98 Å². The number of hydrogen-bond donors (Lipinski definition) is 2. The summed E-state index contributed by atoms with van der Waals surface area (Å²) in [5, 5.41) is 14.1. The van der Waals surface area contributed by atoms with Crippen molar-refractivity contribution in [2.75, 3.05) is 12.3 Å². The van der Waals surface area contributed by atoms with E-state index in [2.05, 4.69) is 17.4 Å². The quantitative estimate of drug-likeness (QED) is 0.113. The second-order valence-corrected chi connectivity index (χ2v) is 13.2. The van der Waals surface area contributed by atoms with Crippen molar-refractivity contribution in [2.45, 2.75) is 50.2 Å². The normalized spacial score (nSPS) is 12.6. The average Bonchev–Trinajstić information content (AvgIpc) is 3.37. The number of aromatic nitrogens is 2. The Morgan fingerprint density at radius 3 is 1.93 bits per heavy atom. The van der Waals surface area contributed by atoms with Gasteiger partial charge in [0, 0.05) is 12.3 Å². The highest BCUT2D eigenvalue weighted by Gasteiger charge is 2.42. The number of hydrogen-bond acceptors (Lipinski definition) is 4. The number of carboxylic acids is 1. The molecular weight excluding hydrogens is 566 g/mol. The van der Waals surface area contributed by atoms with Crippen LogP contribution in [-0.4, -0.2) is 38.8 Å². The number of carbonyl (C=O) groups excluding carboxylic acids is 1. The molecule has 1 amide bonds. The summed E-state index contributed by atoms with van der Waals surface area (Å²) in [6, 6.07) is 37.0. The van der Waals surface area contributed by atoms with Crippen LogP contribution >= 0.6 is 11.8 Å². The number of para-hydroxylation sites is 2. The molecular formula is C37H39N3O3S. The fraction of sp³-hybridized carbons (Fsp3) is 0.270. The summed E-state index contributed by atoms with van der Waals surface area (Å²) in [5.74, 6) is -0.261. The van der Waals surface area contributed by atoms with Crippen LogP contribution in [0.3, 0.4) is 0 Å².